The van der Waals surface area contributed by atoms with Crippen LogP contribution in [0.3, 0.4) is 0 Å². The molecule has 1 aromatic rings. The average molecular weight is 305 g/mol. The second kappa shape index (κ2) is 6.60. The molecule has 3 N–H and O–H groups in total. The number of nitrogens with zero attached hydrogens (tertiary/aromatic N) is 2. The van der Waals surface area contributed by atoms with Crippen LogP contribution in [0.2, 0.25) is 0 Å². The number of rotatable bonds is 2. The lowest BCUT2D eigenvalue weighted by Gasteiger charge is -2.27. The third-order valence-electron chi connectivity index (χ3n) is 4.36. The van der Waals surface area contributed by atoms with Crippen molar-refractivity contribution in [3.8, 4) is 5.75 Å². The van der Waals surface area contributed by atoms with Gasteiger partial charge in [0.25, 0.3) is 0 Å². The zero-order valence-corrected chi connectivity index (χ0v) is 13.2. The van der Waals surface area contributed by atoms with Crippen LogP contribution in [0.4, 0.5) is 0 Å². The van der Waals surface area contributed by atoms with E-state index in [1.54, 1.807) is 0 Å². The molecule has 1 heterocycles. The van der Waals surface area contributed by atoms with Crippen LogP contribution in [0.15, 0.2) is 17.1 Å². The van der Waals surface area contributed by atoms with Crippen LogP contribution >= 0.6 is 11.8 Å². The molecule has 4 nitrogen and oxygen atoms in total. The SMILES string of the molecule is NC(=NCc1c(O)ccc2c1CCCC2)N1CCSCC1. The fourth-order valence-electron chi connectivity index (χ4n) is 3.12. The van der Waals surface area contributed by atoms with Crippen molar-refractivity contribution < 1.29 is 5.11 Å². The van der Waals surface area contributed by atoms with E-state index in [1.165, 1.54) is 24.0 Å². The van der Waals surface area contributed by atoms with Crippen molar-refractivity contribution in [2.24, 2.45) is 10.7 Å². The molecule has 0 bridgehead atoms. The van der Waals surface area contributed by atoms with Gasteiger partial charge in [0.05, 0.1) is 6.54 Å². The highest BCUT2D eigenvalue weighted by Gasteiger charge is 2.17. The molecule has 1 fully saturated rings. The molecule has 0 atom stereocenters. The Hall–Kier alpha value is -1.36. The molecule has 21 heavy (non-hydrogen) atoms. The van der Waals surface area contributed by atoms with Crippen molar-refractivity contribution in [1.82, 2.24) is 4.90 Å². The number of aromatic hydroxyl groups is 1. The Kier molecular flexibility index (Phi) is 4.58. The van der Waals surface area contributed by atoms with Crippen LogP contribution in [0.5, 0.6) is 5.75 Å². The number of phenols is 1. The van der Waals surface area contributed by atoms with Crippen LogP contribution in [-0.4, -0.2) is 40.6 Å². The van der Waals surface area contributed by atoms with Gasteiger partial charge in [0.1, 0.15) is 5.75 Å². The summed E-state index contributed by atoms with van der Waals surface area (Å²) < 4.78 is 0. The molecular formula is C16H23N3OS. The molecule has 1 aliphatic carbocycles. The van der Waals surface area contributed by atoms with E-state index < -0.39 is 0 Å². The molecule has 5 heteroatoms. The molecule has 0 amide bonds. The first-order valence-electron chi connectivity index (χ1n) is 7.71. The molecule has 1 saturated heterocycles. The standard InChI is InChI=1S/C16H23N3OS/c17-16(19-7-9-21-10-8-19)18-11-14-13-4-2-1-3-12(13)5-6-15(14)20/h5-6,20H,1-4,7-11H2,(H2,17,18). The van der Waals surface area contributed by atoms with E-state index >= 15 is 0 Å². The van der Waals surface area contributed by atoms with E-state index in [1.807, 2.05) is 17.8 Å². The van der Waals surface area contributed by atoms with Gasteiger partial charge in [-0.05, 0) is 42.9 Å². The lowest BCUT2D eigenvalue weighted by atomic mass is 9.88. The minimum absolute atomic E-state index is 0.362. The lowest BCUT2D eigenvalue weighted by molar-refractivity contribution is 0.453. The van der Waals surface area contributed by atoms with Crippen molar-refractivity contribution in [2.75, 3.05) is 24.6 Å². The summed E-state index contributed by atoms with van der Waals surface area (Å²) in [5.74, 6) is 3.20. The number of aryl methyl sites for hydroxylation is 1. The number of guanidine groups is 1. The molecule has 1 aromatic carbocycles. The number of aliphatic imine (C=N–C) groups is 1. The number of fused-ring (bicyclic) bond motifs is 1. The molecule has 2 aliphatic rings. The van der Waals surface area contributed by atoms with Gasteiger partial charge in [-0.15, -0.1) is 0 Å². The fourth-order valence-corrected chi connectivity index (χ4v) is 4.02. The summed E-state index contributed by atoms with van der Waals surface area (Å²) in [7, 11) is 0. The molecular weight excluding hydrogens is 282 g/mol. The van der Waals surface area contributed by atoms with Crippen LogP contribution in [-0.2, 0) is 19.4 Å². The summed E-state index contributed by atoms with van der Waals surface area (Å²) in [5, 5.41) is 10.2. The van der Waals surface area contributed by atoms with Crippen LogP contribution in [0.1, 0.15) is 29.5 Å². The second-order valence-electron chi connectivity index (χ2n) is 5.68. The smallest absolute Gasteiger partial charge is 0.191 e. The van der Waals surface area contributed by atoms with Crippen molar-refractivity contribution >= 4 is 17.7 Å². The Morgan fingerprint density at radius 2 is 2.00 bits per heavy atom. The molecule has 0 saturated carbocycles. The van der Waals surface area contributed by atoms with E-state index in [2.05, 4.69) is 16.0 Å². The summed E-state index contributed by atoms with van der Waals surface area (Å²) >= 11 is 1.96. The number of hydrogen-bond donors (Lipinski definition) is 2. The number of benzene rings is 1. The maximum Gasteiger partial charge on any atom is 0.191 e. The summed E-state index contributed by atoms with van der Waals surface area (Å²) in [6.07, 6.45) is 4.61. The summed E-state index contributed by atoms with van der Waals surface area (Å²) in [4.78, 5) is 6.68. The monoisotopic (exact) mass is 305 g/mol. The molecule has 0 unspecified atom stereocenters. The van der Waals surface area contributed by atoms with Gasteiger partial charge < -0.3 is 15.7 Å². The van der Waals surface area contributed by atoms with Gasteiger partial charge in [-0.2, -0.15) is 11.8 Å². The van der Waals surface area contributed by atoms with Gasteiger partial charge in [0, 0.05) is 30.2 Å². The molecule has 0 spiro atoms. The quantitative estimate of drug-likeness (QED) is 0.649. The van der Waals surface area contributed by atoms with Crippen LogP contribution in [0, 0.1) is 0 Å². The van der Waals surface area contributed by atoms with E-state index in [-0.39, 0.29) is 0 Å². The zero-order chi connectivity index (χ0) is 14.7. The maximum atomic E-state index is 10.2. The number of phenolic OH excluding ortho intramolecular Hbond substituents is 1. The summed E-state index contributed by atoms with van der Waals surface area (Å²) in [5.41, 5.74) is 9.75. The van der Waals surface area contributed by atoms with Crippen molar-refractivity contribution in [3.63, 3.8) is 0 Å². The first-order valence-corrected chi connectivity index (χ1v) is 8.86. The van der Waals surface area contributed by atoms with Crippen molar-refractivity contribution in [1.29, 1.82) is 0 Å². The van der Waals surface area contributed by atoms with Gasteiger partial charge in [-0.25, -0.2) is 4.99 Å². The minimum Gasteiger partial charge on any atom is -0.508 e. The number of thioether (sulfide) groups is 1. The third-order valence-corrected chi connectivity index (χ3v) is 5.30. The summed E-state index contributed by atoms with van der Waals surface area (Å²) in [6, 6.07) is 3.87. The topological polar surface area (TPSA) is 61.9 Å². The second-order valence-corrected chi connectivity index (χ2v) is 6.91. The first-order chi connectivity index (χ1) is 10.3. The number of nitrogens with two attached hydrogens (primary N) is 1. The largest absolute Gasteiger partial charge is 0.508 e. The van der Waals surface area contributed by atoms with Crippen LogP contribution < -0.4 is 5.73 Å². The number of hydrogen-bond acceptors (Lipinski definition) is 3. The summed E-state index contributed by atoms with van der Waals surface area (Å²) in [6.45, 7) is 2.43. The molecule has 114 valence electrons. The molecule has 1 aliphatic heterocycles. The predicted molar refractivity (Wildman–Crippen MR) is 89.0 cm³/mol. The Morgan fingerprint density at radius 1 is 1.24 bits per heavy atom. The average Bonchev–Trinajstić information content (AvgIpc) is 2.54. The van der Waals surface area contributed by atoms with E-state index in [0.717, 1.165) is 43.0 Å². The Balaban J connectivity index is 1.78. The first kappa shape index (κ1) is 14.6. The highest BCUT2D eigenvalue weighted by Crippen LogP contribution is 2.31. The maximum absolute atomic E-state index is 10.2. The third kappa shape index (κ3) is 3.28. The van der Waals surface area contributed by atoms with Crippen molar-refractivity contribution in [3.05, 3.63) is 28.8 Å². The Morgan fingerprint density at radius 3 is 2.81 bits per heavy atom. The van der Waals surface area contributed by atoms with E-state index in [4.69, 9.17) is 5.73 Å². The van der Waals surface area contributed by atoms with Gasteiger partial charge >= 0.3 is 0 Å². The molecule has 0 radical (unpaired) electrons. The molecule has 0 aromatic heterocycles. The lowest BCUT2D eigenvalue weighted by Crippen LogP contribution is -2.42. The Bertz CT molecular complexity index is 539. The highest BCUT2D eigenvalue weighted by atomic mass is 32.2. The van der Waals surface area contributed by atoms with Gasteiger partial charge in [-0.1, -0.05) is 6.07 Å². The van der Waals surface area contributed by atoms with Gasteiger partial charge in [0.15, 0.2) is 5.96 Å². The zero-order valence-electron chi connectivity index (χ0n) is 12.3. The predicted octanol–water partition coefficient (Wildman–Crippen LogP) is 2.13. The fraction of sp³-hybridized carbons (Fsp3) is 0.562. The van der Waals surface area contributed by atoms with Gasteiger partial charge in [-0.3, -0.25) is 0 Å². The van der Waals surface area contributed by atoms with E-state index in [0.29, 0.717) is 18.3 Å². The minimum atomic E-state index is 0.362. The van der Waals surface area contributed by atoms with E-state index in [9.17, 15) is 5.11 Å². The van der Waals surface area contributed by atoms with Crippen LogP contribution in [0.25, 0.3) is 0 Å². The normalized spacial score (nSPS) is 19.4. The van der Waals surface area contributed by atoms with Gasteiger partial charge in [0.2, 0.25) is 0 Å². The van der Waals surface area contributed by atoms with Crippen molar-refractivity contribution in [2.45, 2.75) is 32.2 Å². The Labute approximate surface area is 130 Å². The highest BCUT2D eigenvalue weighted by molar-refractivity contribution is 7.99. The molecule has 3 rings (SSSR count).